The molecule has 1 aliphatic rings. The van der Waals surface area contributed by atoms with Gasteiger partial charge in [-0.2, -0.15) is 16.4 Å². The number of rotatable bonds is 6. The molecule has 1 atom stereocenters. The molecule has 4 rings (SSSR count). The van der Waals surface area contributed by atoms with Crippen LogP contribution in [0, 0.1) is 13.8 Å². The highest BCUT2D eigenvalue weighted by Crippen LogP contribution is 2.48. The van der Waals surface area contributed by atoms with Gasteiger partial charge in [-0.25, -0.2) is 4.68 Å². The molecular weight excluding hydrogens is 476 g/mol. The maximum Gasteiger partial charge on any atom is 0.240 e. The number of fused-ring (bicyclic) bond motifs is 1. The number of hydrogen-bond donors (Lipinski definition) is 1. The highest BCUT2D eigenvalue weighted by Gasteiger charge is 2.40. The van der Waals surface area contributed by atoms with Crippen molar-refractivity contribution in [1.29, 1.82) is 0 Å². The summed E-state index contributed by atoms with van der Waals surface area (Å²) in [7, 11) is 0. The highest BCUT2D eigenvalue weighted by molar-refractivity contribution is 8.00. The average Bonchev–Trinajstić information content (AvgIpc) is 3.42. The minimum absolute atomic E-state index is 0.0249. The van der Waals surface area contributed by atoms with E-state index in [1.165, 1.54) is 5.56 Å². The summed E-state index contributed by atoms with van der Waals surface area (Å²) < 4.78 is 1.90. The molecule has 1 aliphatic heterocycles. The van der Waals surface area contributed by atoms with Crippen LogP contribution in [-0.2, 0) is 15.0 Å². The summed E-state index contributed by atoms with van der Waals surface area (Å²) in [6, 6.07) is 8.38. The molecule has 0 saturated heterocycles. The van der Waals surface area contributed by atoms with E-state index in [1.54, 1.807) is 28.0 Å². The fourth-order valence-electron chi connectivity index (χ4n) is 4.44. The normalized spacial score (nSPS) is 16.2. The van der Waals surface area contributed by atoms with Gasteiger partial charge in [-0.3, -0.25) is 14.5 Å². The number of hydrogen-bond acceptors (Lipinski definition) is 5. The molecule has 0 aliphatic carbocycles. The van der Waals surface area contributed by atoms with Crippen LogP contribution in [0.25, 0.3) is 5.69 Å². The lowest BCUT2D eigenvalue weighted by Gasteiger charge is -2.24. The summed E-state index contributed by atoms with van der Waals surface area (Å²) in [6.45, 7) is 13.2. The second-order valence-electron chi connectivity index (χ2n) is 10.1. The number of benzene rings is 1. The molecule has 0 fully saturated rings. The highest BCUT2D eigenvalue weighted by atomic mass is 32.2. The van der Waals surface area contributed by atoms with Crippen molar-refractivity contribution < 1.29 is 9.59 Å². The minimum atomic E-state index is -0.258. The van der Waals surface area contributed by atoms with Crippen molar-refractivity contribution in [2.75, 3.05) is 23.7 Å². The van der Waals surface area contributed by atoms with Gasteiger partial charge in [-0.1, -0.05) is 45.4 Å². The number of nitrogens with one attached hydrogen (secondary N) is 1. The first kappa shape index (κ1) is 25.5. The number of thioether (sulfide) groups is 1. The van der Waals surface area contributed by atoms with Gasteiger partial charge in [0, 0.05) is 17.5 Å². The van der Waals surface area contributed by atoms with Gasteiger partial charge in [-0.05, 0) is 54.3 Å². The molecule has 2 aromatic heterocycles. The quantitative estimate of drug-likeness (QED) is 0.473. The van der Waals surface area contributed by atoms with E-state index in [9.17, 15) is 9.59 Å². The van der Waals surface area contributed by atoms with Crippen LogP contribution in [0.3, 0.4) is 0 Å². The topological polar surface area (TPSA) is 67.2 Å². The van der Waals surface area contributed by atoms with Crippen LogP contribution in [-0.4, -0.2) is 40.4 Å². The molecule has 35 heavy (non-hydrogen) atoms. The van der Waals surface area contributed by atoms with Crippen LogP contribution in [0.5, 0.6) is 0 Å². The Bertz CT molecular complexity index is 1220. The average molecular weight is 511 g/mol. The van der Waals surface area contributed by atoms with Crippen LogP contribution in [0.4, 0.5) is 5.82 Å². The summed E-state index contributed by atoms with van der Waals surface area (Å²) >= 11 is 3.27. The molecule has 186 valence electrons. The monoisotopic (exact) mass is 510 g/mol. The number of amides is 2. The molecule has 1 aromatic carbocycles. The van der Waals surface area contributed by atoms with Crippen molar-refractivity contribution in [3.63, 3.8) is 0 Å². The third-order valence-corrected chi connectivity index (χ3v) is 8.06. The second-order valence-corrected chi connectivity index (χ2v) is 12.0. The minimum Gasteiger partial charge on any atom is -0.355 e. The van der Waals surface area contributed by atoms with E-state index in [2.05, 4.69) is 75.0 Å². The van der Waals surface area contributed by atoms with Crippen LogP contribution >= 0.6 is 23.1 Å². The molecule has 3 aromatic rings. The number of aryl methyl sites for hydroxylation is 2. The predicted octanol–water partition coefficient (Wildman–Crippen LogP) is 5.54. The number of anilines is 1. The molecule has 8 heteroatoms. The zero-order valence-electron chi connectivity index (χ0n) is 21.3. The van der Waals surface area contributed by atoms with Crippen LogP contribution in [0.1, 0.15) is 67.3 Å². The third kappa shape index (κ3) is 5.19. The van der Waals surface area contributed by atoms with Gasteiger partial charge < -0.3 is 5.32 Å². The van der Waals surface area contributed by atoms with Crippen molar-refractivity contribution in [3.05, 3.63) is 63.0 Å². The lowest BCUT2D eigenvalue weighted by molar-refractivity contribution is -0.122. The Morgan fingerprint density at radius 2 is 2.00 bits per heavy atom. The molecule has 0 unspecified atom stereocenters. The molecule has 0 saturated carbocycles. The SMILES string of the molecule is CCCNC(=O)CN1C(=O)CS[C@H](c2ccsc2)c2c(C(C)(C)C)nn(-c3ccc(C)cc3C)c21. The molecule has 0 spiro atoms. The van der Waals surface area contributed by atoms with Crippen molar-refractivity contribution in [2.24, 2.45) is 0 Å². The fraction of sp³-hybridized carbons (Fsp3) is 0.444. The van der Waals surface area contributed by atoms with E-state index in [0.717, 1.165) is 34.5 Å². The predicted molar refractivity (Wildman–Crippen MR) is 146 cm³/mol. The molecule has 0 radical (unpaired) electrons. The summed E-state index contributed by atoms with van der Waals surface area (Å²) in [5, 5.41) is 12.3. The van der Waals surface area contributed by atoms with E-state index in [1.807, 2.05) is 11.6 Å². The number of carbonyl (C=O) groups excluding carboxylic acids is 2. The second kappa shape index (κ2) is 10.2. The van der Waals surface area contributed by atoms with Crippen LogP contribution in [0.15, 0.2) is 35.0 Å². The number of nitrogens with zero attached hydrogens (tertiary/aromatic N) is 3. The summed E-state index contributed by atoms with van der Waals surface area (Å²) in [5.41, 5.74) is 6.04. The van der Waals surface area contributed by atoms with Crippen LogP contribution < -0.4 is 10.2 Å². The Morgan fingerprint density at radius 3 is 2.63 bits per heavy atom. The number of carbonyl (C=O) groups is 2. The van der Waals surface area contributed by atoms with E-state index in [-0.39, 0.29) is 29.0 Å². The van der Waals surface area contributed by atoms with Gasteiger partial charge in [0.05, 0.1) is 22.4 Å². The van der Waals surface area contributed by atoms with E-state index in [4.69, 9.17) is 5.10 Å². The first-order valence-electron chi connectivity index (χ1n) is 12.0. The lowest BCUT2D eigenvalue weighted by Crippen LogP contribution is -2.42. The largest absolute Gasteiger partial charge is 0.355 e. The lowest BCUT2D eigenvalue weighted by atomic mass is 9.87. The van der Waals surface area contributed by atoms with Crippen molar-refractivity contribution in [3.8, 4) is 5.69 Å². The van der Waals surface area contributed by atoms with Gasteiger partial charge in [0.25, 0.3) is 0 Å². The molecule has 2 amide bonds. The Hall–Kier alpha value is -2.58. The standard InChI is InChI=1S/C27H34N4O2S2/c1-7-11-28-21(32)14-30-22(33)16-35-24(19-10-12-34-15-19)23-25(27(4,5)6)29-31(26(23)30)20-9-8-17(2)13-18(20)3/h8-10,12-13,15,24H,7,11,14,16H2,1-6H3,(H,28,32)/t24-/m1/s1. The molecule has 1 N–H and O–H groups in total. The smallest absolute Gasteiger partial charge is 0.240 e. The summed E-state index contributed by atoms with van der Waals surface area (Å²) in [5.74, 6) is 0.773. The van der Waals surface area contributed by atoms with Crippen molar-refractivity contribution in [2.45, 2.75) is 58.6 Å². The maximum absolute atomic E-state index is 13.6. The summed E-state index contributed by atoms with van der Waals surface area (Å²) in [6.07, 6.45) is 0.843. The molecule has 0 bridgehead atoms. The third-order valence-electron chi connectivity index (χ3n) is 6.10. The zero-order valence-corrected chi connectivity index (χ0v) is 23.0. The van der Waals surface area contributed by atoms with Crippen molar-refractivity contribution >= 4 is 40.7 Å². The van der Waals surface area contributed by atoms with Gasteiger partial charge in [0.2, 0.25) is 11.8 Å². The maximum atomic E-state index is 13.6. The molecule has 3 heterocycles. The van der Waals surface area contributed by atoms with E-state index in [0.29, 0.717) is 18.1 Å². The Kier molecular flexibility index (Phi) is 7.43. The van der Waals surface area contributed by atoms with E-state index < -0.39 is 0 Å². The van der Waals surface area contributed by atoms with Crippen molar-refractivity contribution in [1.82, 2.24) is 15.1 Å². The zero-order chi connectivity index (χ0) is 25.3. The van der Waals surface area contributed by atoms with Gasteiger partial charge in [0.15, 0.2) is 0 Å². The first-order chi connectivity index (χ1) is 16.6. The first-order valence-corrected chi connectivity index (χ1v) is 14.0. The molecular formula is C27H34N4O2S2. The fourth-order valence-corrected chi connectivity index (χ4v) is 6.40. The number of aromatic nitrogens is 2. The number of thiophene rings is 1. The van der Waals surface area contributed by atoms with E-state index >= 15 is 0 Å². The Morgan fingerprint density at radius 1 is 1.23 bits per heavy atom. The van der Waals surface area contributed by atoms with Gasteiger partial charge in [-0.15, -0.1) is 11.8 Å². The van der Waals surface area contributed by atoms with Gasteiger partial charge >= 0.3 is 0 Å². The molecule has 6 nitrogen and oxygen atoms in total. The summed E-state index contributed by atoms with van der Waals surface area (Å²) in [4.78, 5) is 28.1. The van der Waals surface area contributed by atoms with Crippen LogP contribution in [0.2, 0.25) is 0 Å². The Balaban J connectivity index is 2.00. The van der Waals surface area contributed by atoms with Gasteiger partial charge in [0.1, 0.15) is 12.4 Å². The Labute approximate surface area is 216 Å².